The number of aliphatic hydroxyl groups excluding tert-OH is 1. The highest BCUT2D eigenvalue weighted by Crippen LogP contribution is 2.17. The number of nitrogens with zero attached hydrogens (tertiary/aromatic N) is 1. The average molecular weight is 228 g/mol. The summed E-state index contributed by atoms with van der Waals surface area (Å²) in [6.07, 6.45) is 1.42. The van der Waals surface area contributed by atoms with E-state index in [4.69, 9.17) is 5.11 Å². The summed E-state index contributed by atoms with van der Waals surface area (Å²) in [6, 6.07) is -0.196. The summed E-state index contributed by atoms with van der Waals surface area (Å²) in [5.41, 5.74) is 0. The molecule has 0 spiro atoms. The first-order valence-electron chi connectivity index (χ1n) is 5.71. The first-order valence-corrected chi connectivity index (χ1v) is 5.71. The van der Waals surface area contributed by atoms with Gasteiger partial charge in [-0.05, 0) is 19.8 Å². The van der Waals surface area contributed by atoms with Crippen molar-refractivity contribution in [3.05, 3.63) is 0 Å². The van der Waals surface area contributed by atoms with Crippen LogP contribution >= 0.6 is 0 Å². The second-order valence-electron chi connectivity index (χ2n) is 4.37. The minimum Gasteiger partial charge on any atom is -0.394 e. The number of likely N-dealkylation sites (tertiary alicyclic amines) is 1. The summed E-state index contributed by atoms with van der Waals surface area (Å²) in [5.74, 6) is 0.0388. The predicted octanol–water partition coefficient (Wildman–Crippen LogP) is -0.258. The van der Waals surface area contributed by atoms with Gasteiger partial charge in [0, 0.05) is 32.0 Å². The Morgan fingerprint density at radius 3 is 2.44 bits per heavy atom. The van der Waals surface area contributed by atoms with Gasteiger partial charge in [-0.15, -0.1) is 0 Å². The highest BCUT2D eigenvalue weighted by Gasteiger charge is 2.26. The summed E-state index contributed by atoms with van der Waals surface area (Å²) in [5, 5.41) is 11.6. The number of nitrogens with one attached hydrogen (secondary N) is 1. The molecule has 0 saturated carbocycles. The standard InChI is InChI=1S/C11H20N2O3/c1-8(7-14)12-11(16)10-3-5-13(6-4-10)9(2)15/h8,10,14H,3-7H2,1-2H3,(H,12,16)/t8-/m0/s1. The van der Waals surface area contributed by atoms with E-state index in [1.54, 1.807) is 18.7 Å². The molecule has 92 valence electrons. The van der Waals surface area contributed by atoms with Crippen molar-refractivity contribution in [2.75, 3.05) is 19.7 Å². The monoisotopic (exact) mass is 228 g/mol. The fourth-order valence-electron chi connectivity index (χ4n) is 1.86. The summed E-state index contributed by atoms with van der Waals surface area (Å²) < 4.78 is 0. The molecule has 1 heterocycles. The van der Waals surface area contributed by atoms with Crippen LogP contribution in [0.15, 0.2) is 0 Å². The molecule has 5 nitrogen and oxygen atoms in total. The number of hydrogen-bond acceptors (Lipinski definition) is 3. The highest BCUT2D eigenvalue weighted by atomic mass is 16.3. The van der Waals surface area contributed by atoms with Crippen molar-refractivity contribution in [3.63, 3.8) is 0 Å². The number of piperidine rings is 1. The van der Waals surface area contributed by atoms with Gasteiger partial charge >= 0.3 is 0 Å². The van der Waals surface area contributed by atoms with Crippen LogP contribution in [0.2, 0.25) is 0 Å². The molecule has 0 radical (unpaired) electrons. The largest absolute Gasteiger partial charge is 0.394 e. The van der Waals surface area contributed by atoms with E-state index in [-0.39, 0.29) is 30.4 Å². The number of amides is 2. The SMILES string of the molecule is CC(=O)N1CCC(C(=O)N[C@@H](C)CO)CC1. The van der Waals surface area contributed by atoms with E-state index in [9.17, 15) is 9.59 Å². The normalized spacial score (nSPS) is 19.3. The minimum absolute atomic E-state index is 0.00949. The van der Waals surface area contributed by atoms with Crippen LogP contribution in [0.4, 0.5) is 0 Å². The number of hydrogen-bond donors (Lipinski definition) is 2. The molecule has 5 heteroatoms. The average Bonchev–Trinajstić information content (AvgIpc) is 2.28. The van der Waals surface area contributed by atoms with Crippen molar-refractivity contribution in [2.24, 2.45) is 5.92 Å². The van der Waals surface area contributed by atoms with Crippen LogP contribution in [0, 0.1) is 5.92 Å². The Labute approximate surface area is 95.8 Å². The van der Waals surface area contributed by atoms with Gasteiger partial charge < -0.3 is 15.3 Å². The molecular weight excluding hydrogens is 208 g/mol. The maximum atomic E-state index is 11.7. The molecule has 1 aliphatic rings. The van der Waals surface area contributed by atoms with Gasteiger partial charge in [0.15, 0.2) is 0 Å². The molecule has 0 unspecified atom stereocenters. The topological polar surface area (TPSA) is 69.6 Å². The first kappa shape index (κ1) is 13.0. The van der Waals surface area contributed by atoms with Crippen molar-refractivity contribution >= 4 is 11.8 Å². The molecule has 2 N–H and O–H groups in total. The lowest BCUT2D eigenvalue weighted by molar-refractivity contribution is -0.134. The van der Waals surface area contributed by atoms with Crippen LogP contribution < -0.4 is 5.32 Å². The van der Waals surface area contributed by atoms with Crippen LogP contribution in [0.25, 0.3) is 0 Å². The number of rotatable bonds is 3. The van der Waals surface area contributed by atoms with Gasteiger partial charge in [-0.3, -0.25) is 9.59 Å². The predicted molar refractivity (Wildman–Crippen MR) is 59.7 cm³/mol. The molecule has 1 saturated heterocycles. The molecule has 1 rings (SSSR count). The van der Waals surface area contributed by atoms with Gasteiger partial charge in [-0.25, -0.2) is 0 Å². The van der Waals surface area contributed by atoms with Crippen molar-refractivity contribution in [1.82, 2.24) is 10.2 Å². The third-order valence-electron chi connectivity index (χ3n) is 2.97. The van der Waals surface area contributed by atoms with E-state index in [0.717, 1.165) is 0 Å². The van der Waals surface area contributed by atoms with Crippen molar-refractivity contribution in [1.29, 1.82) is 0 Å². The quantitative estimate of drug-likeness (QED) is 0.699. The van der Waals surface area contributed by atoms with E-state index in [1.165, 1.54) is 0 Å². The lowest BCUT2D eigenvalue weighted by Crippen LogP contribution is -2.45. The third kappa shape index (κ3) is 3.48. The van der Waals surface area contributed by atoms with Gasteiger partial charge in [-0.2, -0.15) is 0 Å². The second-order valence-corrected chi connectivity index (χ2v) is 4.37. The molecule has 0 aromatic rings. The fourth-order valence-corrected chi connectivity index (χ4v) is 1.86. The van der Waals surface area contributed by atoms with Crippen LogP contribution in [0.5, 0.6) is 0 Å². The zero-order valence-electron chi connectivity index (χ0n) is 9.90. The van der Waals surface area contributed by atoms with E-state index in [0.29, 0.717) is 25.9 Å². The van der Waals surface area contributed by atoms with Crippen LogP contribution in [0.1, 0.15) is 26.7 Å². The number of carbonyl (C=O) groups is 2. The van der Waals surface area contributed by atoms with Gasteiger partial charge in [0.1, 0.15) is 0 Å². The summed E-state index contributed by atoms with van der Waals surface area (Å²) in [6.45, 7) is 4.58. The van der Waals surface area contributed by atoms with Gasteiger partial charge in [0.2, 0.25) is 11.8 Å². The molecule has 0 bridgehead atoms. The Balaban J connectivity index is 2.36. The lowest BCUT2D eigenvalue weighted by atomic mass is 9.95. The highest BCUT2D eigenvalue weighted by molar-refractivity contribution is 5.79. The van der Waals surface area contributed by atoms with E-state index < -0.39 is 0 Å². The van der Waals surface area contributed by atoms with Gasteiger partial charge in [0.25, 0.3) is 0 Å². The molecule has 0 aliphatic carbocycles. The summed E-state index contributed by atoms with van der Waals surface area (Å²) in [7, 11) is 0. The van der Waals surface area contributed by atoms with Crippen molar-refractivity contribution in [2.45, 2.75) is 32.7 Å². The maximum absolute atomic E-state index is 11.7. The van der Waals surface area contributed by atoms with E-state index in [2.05, 4.69) is 5.32 Å². The molecular formula is C11H20N2O3. The first-order chi connectivity index (χ1) is 7.54. The Hall–Kier alpha value is -1.10. The zero-order chi connectivity index (χ0) is 12.1. The van der Waals surface area contributed by atoms with Crippen LogP contribution in [0.3, 0.4) is 0 Å². The molecule has 16 heavy (non-hydrogen) atoms. The second kappa shape index (κ2) is 5.84. The van der Waals surface area contributed by atoms with Gasteiger partial charge in [0.05, 0.1) is 6.61 Å². The van der Waals surface area contributed by atoms with Gasteiger partial charge in [-0.1, -0.05) is 0 Å². The summed E-state index contributed by atoms with van der Waals surface area (Å²) in [4.78, 5) is 24.6. The van der Waals surface area contributed by atoms with Crippen LogP contribution in [-0.4, -0.2) is 47.6 Å². The molecule has 0 aromatic heterocycles. The van der Waals surface area contributed by atoms with Crippen molar-refractivity contribution < 1.29 is 14.7 Å². The summed E-state index contributed by atoms with van der Waals surface area (Å²) >= 11 is 0. The zero-order valence-corrected chi connectivity index (χ0v) is 9.90. The Kier molecular flexibility index (Phi) is 4.73. The third-order valence-corrected chi connectivity index (χ3v) is 2.97. The van der Waals surface area contributed by atoms with Crippen molar-refractivity contribution in [3.8, 4) is 0 Å². The van der Waals surface area contributed by atoms with E-state index >= 15 is 0 Å². The molecule has 1 atom stereocenters. The number of aliphatic hydroxyl groups is 1. The Bertz CT molecular complexity index is 260. The molecule has 0 aromatic carbocycles. The molecule has 2 amide bonds. The smallest absolute Gasteiger partial charge is 0.223 e. The minimum atomic E-state index is -0.196. The molecule has 1 aliphatic heterocycles. The lowest BCUT2D eigenvalue weighted by Gasteiger charge is -2.31. The number of carbonyl (C=O) groups excluding carboxylic acids is 2. The van der Waals surface area contributed by atoms with E-state index in [1.807, 2.05) is 0 Å². The van der Waals surface area contributed by atoms with Crippen LogP contribution in [-0.2, 0) is 9.59 Å². The molecule has 1 fully saturated rings. The Morgan fingerprint density at radius 1 is 1.44 bits per heavy atom. The Morgan fingerprint density at radius 2 is 2.00 bits per heavy atom. The maximum Gasteiger partial charge on any atom is 0.223 e. The fraction of sp³-hybridized carbons (Fsp3) is 0.818.